The lowest BCUT2D eigenvalue weighted by atomic mass is 10.3. The molecule has 0 aliphatic heterocycles. The van der Waals surface area contributed by atoms with Crippen LogP contribution >= 0.6 is 11.3 Å². The number of anilines is 1. The third-order valence-corrected chi connectivity index (χ3v) is 3.48. The minimum Gasteiger partial charge on any atom is -0.396 e. The van der Waals surface area contributed by atoms with Crippen molar-refractivity contribution in [1.29, 1.82) is 0 Å². The van der Waals surface area contributed by atoms with Crippen molar-refractivity contribution in [2.24, 2.45) is 0 Å². The Morgan fingerprint density at radius 1 is 1.50 bits per heavy atom. The Bertz CT molecular complexity index is 555. The molecule has 2 rings (SSSR count). The quantitative estimate of drug-likeness (QED) is 0.789. The number of nitrogens with one attached hydrogen (secondary N) is 1. The van der Waals surface area contributed by atoms with Gasteiger partial charge in [0.15, 0.2) is 0 Å². The van der Waals surface area contributed by atoms with Gasteiger partial charge in [-0.05, 0) is 6.42 Å². The molecular weight excluding hydrogens is 252 g/mol. The molecule has 0 radical (unpaired) electrons. The number of thiophene rings is 1. The maximum atomic E-state index is 11.9. The zero-order chi connectivity index (χ0) is 13.0. The zero-order valence-corrected chi connectivity index (χ0v) is 10.8. The topological polar surface area (TPSA) is 90.1 Å². The Hall–Kier alpha value is -1.73. The van der Waals surface area contributed by atoms with Crippen LogP contribution in [0.5, 0.6) is 0 Å². The minimum atomic E-state index is -0.187. The number of methoxy groups -OCH3 is 1. The average Bonchev–Trinajstić information content (AvgIpc) is 2.73. The van der Waals surface area contributed by atoms with Crippen LogP contribution < -0.4 is 11.1 Å². The third-order valence-electron chi connectivity index (χ3n) is 2.38. The predicted octanol–water partition coefficient (Wildman–Crippen LogP) is 1.04. The number of fused-ring (bicyclic) bond motifs is 1. The molecule has 96 valence electrons. The SMILES string of the molecule is COCCCNC(=O)c1sc2nccnc2c1N. The van der Waals surface area contributed by atoms with Crippen LogP contribution in [0.3, 0.4) is 0 Å². The average molecular weight is 266 g/mol. The number of amides is 1. The molecule has 0 aliphatic carbocycles. The van der Waals surface area contributed by atoms with Crippen molar-refractivity contribution in [3.05, 3.63) is 17.3 Å². The first-order chi connectivity index (χ1) is 8.74. The van der Waals surface area contributed by atoms with Gasteiger partial charge in [0.2, 0.25) is 0 Å². The summed E-state index contributed by atoms with van der Waals surface area (Å²) in [5.41, 5.74) is 6.88. The highest BCUT2D eigenvalue weighted by Gasteiger charge is 2.17. The number of hydrogen-bond acceptors (Lipinski definition) is 6. The van der Waals surface area contributed by atoms with Gasteiger partial charge in [-0.25, -0.2) is 9.97 Å². The number of nitrogens with two attached hydrogens (primary N) is 1. The van der Waals surface area contributed by atoms with Gasteiger partial charge in [-0.3, -0.25) is 4.79 Å². The van der Waals surface area contributed by atoms with Crippen LogP contribution in [-0.4, -0.2) is 36.1 Å². The monoisotopic (exact) mass is 266 g/mol. The molecule has 18 heavy (non-hydrogen) atoms. The van der Waals surface area contributed by atoms with Crippen LogP contribution in [0.25, 0.3) is 10.3 Å². The molecule has 2 aromatic rings. The summed E-state index contributed by atoms with van der Waals surface area (Å²) in [7, 11) is 1.63. The summed E-state index contributed by atoms with van der Waals surface area (Å²) in [4.78, 5) is 21.3. The molecule has 0 fully saturated rings. The zero-order valence-electron chi connectivity index (χ0n) is 9.97. The molecule has 0 unspecified atom stereocenters. The fourth-order valence-electron chi connectivity index (χ4n) is 1.51. The van der Waals surface area contributed by atoms with Crippen LogP contribution in [0.1, 0.15) is 16.1 Å². The largest absolute Gasteiger partial charge is 0.396 e. The van der Waals surface area contributed by atoms with Gasteiger partial charge in [-0.15, -0.1) is 11.3 Å². The van der Waals surface area contributed by atoms with Gasteiger partial charge in [0, 0.05) is 32.7 Å². The summed E-state index contributed by atoms with van der Waals surface area (Å²) >= 11 is 1.25. The van der Waals surface area contributed by atoms with Gasteiger partial charge in [-0.1, -0.05) is 0 Å². The maximum absolute atomic E-state index is 11.9. The van der Waals surface area contributed by atoms with Crippen LogP contribution in [0.4, 0.5) is 5.69 Å². The number of rotatable bonds is 5. The minimum absolute atomic E-state index is 0.187. The van der Waals surface area contributed by atoms with Gasteiger partial charge < -0.3 is 15.8 Å². The number of nitrogen functional groups attached to an aromatic ring is 1. The van der Waals surface area contributed by atoms with E-state index in [1.54, 1.807) is 19.5 Å². The molecule has 0 saturated carbocycles. The number of hydrogen-bond donors (Lipinski definition) is 2. The Balaban J connectivity index is 2.10. The van der Waals surface area contributed by atoms with E-state index in [-0.39, 0.29) is 5.91 Å². The van der Waals surface area contributed by atoms with Gasteiger partial charge in [-0.2, -0.15) is 0 Å². The summed E-state index contributed by atoms with van der Waals surface area (Å²) in [5.74, 6) is -0.187. The predicted molar refractivity (Wildman–Crippen MR) is 70.7 cm³/mol. The molecule has 0 atom stereocenters. The van der Waals surface area contributed by atoms with Crippen LogP contribution in [0, 0.1) is 0 Å². The van der Waals surface area contributed by atoms with Gasteiger partial charge in [0.1, 0.15) is 15.2 Å². The lowest BCUT2D eigenvalue weighted by Gasteiger charge is -2.03. The number of nitrogens with zero attached hydrogens (tertiary/aromatic N) is 2. The summed E-state index contributed by atoms with van der Waals surface area (Å²) in [6.07, 6.45) is 3.91. The second kappa shape index (κ2) is 5.74. The van der Waals surface area contributed by atoms with E-state index in [1.807, 2.05) is 0 Å². The Labute approximate surface area is 108 Å². The van der Waals surface area contributed by atoms with Crippen molar-refractivity contribution in [2.75, 3.05) is 26.0 Å². The Morgan fingerprint density at radius 2 is 2.28 bits per heavy atom. The number of aromatic nitrogens is 2. The molecule has 1 amide bonds. The summed E-state index contributed by atoms with van der Waals surface area (Å²) < 4.78 is 4.91. The standard InChI is InChI=1S/C11H14N4O2S/c1-17-6-2-3-14-10(16)9-7(12)8-11(18-9)15-5-4-13-8/h4-5H,2-3,6,12H2,1H3,(H,14,16). The summed E-state index contributed by atoms with van der Waals surface area (Å²) in [6.45, 7) is 1.17. The summed E-state index contributed by atoms with van der Waals surface area (Å²) in [6, 6.07) is 0. The Kier molecular flexibility index (Phi) is 4.06. The van der Waals surface area contributed by atoms with E-state index in [0.29, 0.717) is 34.1 Å². The van der Waals surface area contributed by atoms with E-state index in [4.69, 9.17) is 10.5 Å². The van der Waals surface area contributed by atoms with Crippen molar-refractivity contribution in [2.45, 2.75) is 6.42 Å². The van der Waals surface area contributed by atoms with Gasteiger partial charge >= 0.3 is 0 Å². The van der Waals surface area contributed by atoms with Crippen LogP contribution in [-0.2, 0) is 4.74 Å². The lowest BCUT2D eigenvalue weighted by Crippen LogP contribution is -2.25. The molecule has 0 spiro atoms. The fourth-order valence-corrected chi connectivity index (χ4v) is 2.45. The first-order valence-corrected chi connectivity index (χ1v) is 6.31. The molecule has 7 heteroatoms. The van der Waals surface area contributed by atoms with Crippen molar-refractivity contribution in [3.63, 3.8) is 0 Å². The van der Waals surface area contributed by atoms with Crippen LogP contribution in [0.15, 0.2) is 12.4 Å². The van der Waals surface area contributed by atoms with Crippen LogP contribution in [0.2, 0.25) is 0 Å². The molecule has 3 N–H and O–H groups in total. The molecule has 0 saturated heterocycles. The summed E-state index contributed by atoms with van der Waals surface area (Å²) in [5, 5.41) is 2.79. The highest BCUT2D eigenvalue weighted by molar-refractivity contribution is 7.21. The molecule has 0 aromatic carbocycles. The third kappa shape index (κ3) is 2.57. The first-order valence-electron chi connectivity index (χ1n) is 5.50. The van der Waals surface area contributed by atoms with Crippen molar-refractivity contribution >= 4 is 33.3 Å². The van der Waals surface area contributed by atoms with E-state index in [2.05, 4.69) is 15.3 Å². The number of carbonyl (C=O) groups excluding carboxylic acids is 1. The van der Waals surface area contributed by atoms with Gasteiger partial charge in [0.05, 0.1) is 5.69 Å². The van der Waals surface area contributed by atoms with E-state index in [9.17, 15) is 4.79 Å². The van der Waals surface area contributed by atoms with Gasteiger partial charge in [0.25, 0.3) is 5.91 Å². The molecule has 0 aliphatic rings. The normalized spacial score (nSPS) is 10.7. The molecule has 0 bridgehead atoms. The number of carbonyl (C=O) groups is 1. The van der Waals surface area contributed by atoms with Crippen molar-refractivity contribution in [1.82, 2.24) is 15.3 Å². The molecule has 2 heterocycles. The lowest BCUT2D eigenvalue weighted by molar-refractivity contribution is 0.0953. The first kappa shape index (κ1) is 12.7. The van der Waals surface area contributed by atoms with E-state index in [0.717, 1.165) is 6.42 Å². The fraction of sp³-hybridized carbons (Fsp3) is 0.364. The second-order valence-corrected chi connectivity index (χ2v) is 4.66. The highest BCUT2D eigenvalue weighted by atomic mass is 32.1. The van der Waals surface area contributed by atoms with E-state index < -0.39 is 0 Å². The van der Waals surface area contributed by atoms with Crippen molar-refractivity contribution in [3.8, 4) is 0 Å². The van der Waals surface area contributed by atoms with Crippen molar-refractivity contribution < 1.29 is 9.53 Å². The smallest absolute Gasteiger partial charge is 0.263 e. The van der Waals surface area contributed by atoms with E-state index in [1.165, 1.54) is 11.3 Å². The molecular formula is C11H14N4O2S. The highest BCUT2D eigenvalue weighted by Crippen LogP contribution is 2.30. The Morgan fingerprint density at radius 3 is 3.00 bits per heavy atom. The van der Waals surface area contributed by atoms with E-state index >= 15 is 0 Å². The number of ether oxygens (including phenoxy) is 1. The second-order valence-electron chi connectivity index (χ2n) is 3.66. The molecule has 2 aromatic heterocycles. The maximum Gasteiger partial charge on any atom is 0.263 e. The molecule has 6 nitrogen and oxygen atoms in total.